The lowest BCUT2D eigenvalue weighted by Crippen LogP contribution is -2.21. The number of rotatable bonds is 4. The Hall–Kier alpha value is -2.04. The Morgan fingerprint density at radius 3 is 2.61 bits per heavy atom. The highest BCUT2D eigenvalue weighted by atomic mass is 16.4. The molecule has 1 aliphatic carbocycles. The molecule has 1 aromatic rings. The van der Waals surface area contributed by atoms with Gasteiger partial charge in [-0.2, -0.15) is 0 Å². The van der Waals surface area contributed by atoms with Gasteiger partial charge in [-0.25, -0.2) is 0 Å². The van der Waals surface area contributed by atoms with Crippen molar-refractivity contribution in [1.82, 2.24) is 0 Å². The number of hydrogen-bond donors (Lipinski definition) is 3. The van der Waals surface area contributed by atoms with Crippen LogP contribution in [0.3, 0.4) is 0 Å². The Kier molecular flexibility index (Phi) is 3.50. The first-order chi connectivity index (χ1) is 8.58. The standard InChI is InChI=1S/C13H16N2O3/c14-12(16)10-3-1-2-4-11(10)15-9-6-5-8(7-9)13(17)18/h1-4,8-9,15H,5-7H2,(H2,14,16)(H,17,18)/t8-,9+/m1/s1. The minimum Gasteiger partial charge on any atom is -0.481 e. The van der Waals surface area contributed by atoms with E-state index in [-0.39, 0.29) is 12.0 Å². The van der Waals surface area contributed by atoms with Gasteiger partial charge < -0.3 is 16.2 Å². The van der Waals surface area contributed by atoms with Crippen molar-refractivity contribution in [1.29, 1.82) is 0 Å². The van der Waals surface area contributed by atoms with Gasteiger partial charge in [-0.15, -0.1) is 0 Å². The summed E-state index contributed by atoms with van der Waals surface area (Å²) in [5, 5.41) is 12.1. The molecule has 1 saturated carbocycles. The van der Waals surface area contributed by atoms with Crippen LogP contribution in [0.1, 0.15) is 29.6 Å². The van der Waals surface area contributed by atoms with Gasteiger partial charge in [0, 0.05) is 11.7 Å². The van der Waals surface area contributed by atoms with Gasteiger partial charge in [-0.05, 0) is 31.4 Å². The summed E-state index contributed by atoms with van der Waals surface area (Å²) in [6.45, 7) is 0. The van der Waals surface area contributed by atoms with E-state index in [1.165, 1.54) is 0 Å². The second-order valence-corrected chi connectivity index (χ2v) is 4.60. The lowest BCUT2D eigenvalue weighted by atomic mass is 10.1. The number of carbonyl (C=O) groups excluding carboxylic acids is 1. The molecule has 0 bridgehead atoms. The summed E-state index contributed by atoms with van der Waals surface area (Å²) in [6.07, 6.45) is 2.05. The van der Waals surface area contributed by atoms with Crippen molar-refractivity contribution in [3.05, 3.63) is 29.8 Å². The Balaban J connectivity index is 2.07. The number of carboxylic acids is 1. The fraction of sp³-hybridized carbons (Fsp3) is 0.385. The second kappa shape index (κ2) is 5.08. The number of para-hydroxylation sites is 1. The van der Waals surface area contributed by atoms with Crippen molar-refractivity contribution in [2.45, 2.75) is 25.3 Å². The molecule has 0 heterocycles. The maximum atomic E-state index is 11.3. The molecule has 0 unspecified atom stereocenters. The molecule has 0 spiro atoms. The molecule has 1 aromatic carbocycles. The summed E-state index contributed by atoms with van der Waals surface area (Å²) in [4.78, 5) is 22.1. The summed E-state index contributed by atoms with van der Waals surface area (Å²) in [7, 11) is 0. The highest BCUT2D eigenvalue weighted by Crippen LogP contribution is 2.29. The van der Waals surface area contributed by atoms with Crippen molar-refractivity contribution < 1.29 is 14.7 Å². The molecule has 5 nitrogen and oxygen atoms in total. The van der Waals surface area contributed by atoms with Gasteiger partial charge in [0.15, 0.2) is 0 Å². The fourth-order valence-electron chi connectivity index (χ4n) is 2.38. The van der Waals surface area contributed by atoms with Crippen molar-refractivity contribution in [3.8, 4) is 0 Å². The number of hydrogen-bond acceptors (Lipinski definition) is 3. The van der Waals surface area contributed by atoms with Crippen molar-refractivity contribution in [2.75, 3.05) is 5.32 Å². The summed E-state index contributed by atoms with van der Waals surface area (Å²) in [6, 6.07) is 7.10. The number of benzene rings is 1. The van der Waals surface area contributed by atoms with E-state index < -0.39 is 11.9 Å². The zero-order chi connectivity index (χ0) is 13.1. The predicted molar refractivity (Wildman–Crippen MR) is 67.3 cm³/mol. The average Bonchev–Trinajstić information content (AvgIpc) is 2.78. The molecule has 0 aromatic heterocycles. The molecule has 4 N–H and O–H groups in total. The van der Waals surface area contributed by atoms with Crippen LogP contribution in [-0.2, 0) is 4.79 Å². The van der Waals surface area contributed by atoms with Gasteiger partial charge >= 0.3 is 5.97 Å². The maximum Gasteiger partial charge on any atom is 0.306 e. The van der Waals surface area contributed by atoms with Crippen LogP contribution in [0.15, 0.2) is 24.3 Å². The third-order valence-corrected chi connectivity index (χ3v) is 3.33. The van der Waals surface area contributed by atoms with Gasteiger partial charge in [0.25, 0.3) is 5.91 Å². The molecule has 1 amide bonds. The monoisotopic (exact) mass is 248 g/mol. The third kappa shape index (κ3) is 2.61. The molecule has 96 valence electrons. The van der Waals surface area contributed by atoms with Gasteiger partial charge in [-0.1, -0.05) is 12.1 Å². The van der Waals surface area contributed by atoms with Crippen molar-refractivity contribution in [2.24, 2.45) is 11.7 Å². The Bertz CT molecular complexity index is 473. The van der Waals surface area contributed by atoms with Gasteiger partial charge in [-0.3, -0.25) is 9.59 Å². The minimum absolute atomic E-state index is 0.0894. The zero-order valence-electron chi connectivity index (χ0n) is 9.93. The summed E-state index contributed by atoms with van der Waals surface area (Å²) in [5.41, 5.74) is 6.41. The van der Waals surface area contributed by atoms with E-state index in [1.807, 2.05) is 6.07 Å². The molecule has 0 aliphatic heterocycles. The fourth-order valence-corrected chi connectivity index (χ4v) is 2.38. The predicted octanol–water partition coefficient (Wildman–Crippen LogP) is 1.45. The minimum atomic E-state index is -0.748. The van der Waals surface area contributed by atoms with E-state index in [0.717, 1.165) is 6.42 Å². The highest BCUT2D eigenvalue weighted by molar-refractivity contribution is 5.98. The first kappa shape index (κ1) is 12.4. The molecule has 1 aliphatic rings. The number of carbonyl (C=O) groups is 2. The summed E-state index contributed by atoms with van der Waals surface area (Å²) in [5.74, 6) is -1.52. The molecular formula is C13H16N2O3. The quantitative estimate of drug-likeness (QED) is 0.752. The molecule has 2 rings (SSSR count). The van der Waals surface area contributed by atoms with E-state index in [0.29, 0.717) is 24.1 Å². The molecule has 2 atom stereocenters. The van der Waals surface area contributed by atoms with E-state index in [2.05, 4.69) is 5.32 Å². The van der Waals surface area contributed by atoms with Crippen LogP contribution in [0.2, 0.25) is 0 Å². The number of carboxylic acid groups (broad SMARTS) is 1. The SMILES string of the molecule is NC(=O)c1ccccc1N[C@H]1CC[C@@H](C(=O)O)C1. The molecule has 5 heteroatoms. The number of anilines is 1. The first-order valence-electron chi connectivity index (χ1n) is 5.96. The van der Waals surface area contributed by atoms with Crippen LogP contribution >= 0.6 is 0 Å². The first-order valence-corrected chi connectivity index (χ1v) is 5.96. The summed E-state index contributed by atoms with van der Waals surface area (Å²) >= 11 is 0. The molecule has 18 heavy (non-hydrogen) atoms. The van der Waals surface area contributed by atoms with Crippen LogP contribution < -0.4 is 11.1 Å². The lowest BCUT2D eigenvalue weighted by molar-refractivity contribution is -0.141. The third-order valence-electron chi connectivity index (χ3n) is 3.33. The Morgan fingerprint density at radius 2 is 2.00 bits per heavy atom. The van der Waals surface area contributed by atoms with E-state index in [4.69, 9.17) is 10.8 Å². The Morgan fingerprint density at radius 1 is 1.28 bits per heavy atom. The summed E-state index contributed by atoms with van der Waals surface area (Å²) < 4.78 is 0. The number of nitrogens with one attached hydrogen (secondary N) is 1. The number of amides is 1. The van der Waals surface area contributed by atoms with Crippen LogP contribution in [0.4, 0.5) is 5.69 Å². The number of primary amides is 1. The topological polar surface area (TPSA) is 92.4 Å². The normalized spacial score (nSPS) is 22.7. The van der Waals surface area contributed by atoms with Crippen LogP contribution in [0.25, 0.3) is 0 Å². The average molecular weight is 248 g/mol. The molecular weight excluding hydrogens is 232 g/mol. The zero-order valence-corrected chi connectivity index (χ0v) is 9.93. The van der Waals surface area contributed by atoms with Crippen LogP contribution in [0, 0.1) is 5.92 Å². The van der Waals surface area contributed by atoms with Crippen LogP contribution in [0.5, 0.6) is 0 Å². The van der Waals surface area contributed by atoms with E-state index >= 15 is 0 Å². The Labute approximate surface area is 105 Å². The van der Waals surface area contributed by atoms with Crippen molar-refractivity contribution >= 4 is 17.6 Å². The molecule has 0 saturated heterocycles. The molecule has 1 fully saturated rings. The molecule has 0 radical (unpaired) electrons. The second-order valence-electron chi connectivity index (χ2n) is 4.60. The maximum absolute atomic E-state index is 11.3. The van der Waals surface area contributed by atoms with E-state index in [9.17, 15) is 9.59 Å². The van der Waals surface area contributed by atoms with Crippen LogP contribution in [-0.4, -0.2) is 23.0 Å². The highest BCUT2D eigenvalue weighted by Gasteiger charge is 2.29. The lowest BCUT2D eigenvalue weighted by Gasteiger charge is -2.16. The smallest absolute Gasteiger partial charge is 0.306 e. The van der Waals surface area contributed by atoms with Crippen molar-refractivity contribution in [3.63, 3.8) is 0 Å². The van der Waals surface area contributed by atoms with E-state index in [1.54, 1.807) is 18.2 Å². The van der Waals surface area contributed by atoms with Gasteiger partial charge in [0.1, 0.15) is 0 Å². The largest absolute Gasteiger partial charge is 0.481 e. The van der Waals surface area contributed by atoms with Gasteiger partial charge in [0.05, 0.1) is 11.5 Å². The number of aliphatic carboxylic acids is 1. The van der Waals surface area contributed by atoms with Gasteiger partial charge in [0.2, 0.25) is 0 Å². The number of nitrogens with two attached hydrogens (primary N) is 1.